The summed E-state index contributed by atoms with van der Waals surface area (Å²) in [5.41, 5.74) is 1.94. The van der Waals surface area contributed by atoms with E-state index in [-0.39, 0.29) is 48.4 Å². The van der Waals surface area contributed by atoms with Crippen molar-refractivity contribution in [2.75, 3.05) is 24.7 Å². The van der Waals surface area contributed by atoms with Crippen molar-refractivity contribution in [2.45, 2.75) is 57.6 Å². The Hall–Kier alpha value is -3.76. The molecule has 2 heterocycles. The molecule has 2 aromatic rings. The summed E-state index contributed by atoms with van der Waals surface area (Å²) < 4.78 is 52.8. The number of amidine groups is 1. The summed E-state index contributed by atoms with van der Waals surface area (Å²) in [5.74, 6) is -1.02. The molecule has 8 nitrogen and oxygen atoms in total. The van der Waals surface area contributed by atoms with E-state index in [2.05, 4.69) is 14.6 Å². The van der Waals surface area contributed by atoms with Crippen LogP contribution in [0.15, 0.2) is 53.5 Å². The number of anilines is 1. The number of nitrogens with zero attached hydrogens (tertiary/aromatic N) is 3. The largest absolute Gasteiger partial charge is 0.573 e. The minimum atomic E-state index is -4.81. The molecule has 4 atom stereocenters. The second kappa shape index (κ2) is 10.8. The van der Waals surface area contributed by atoms with Crippen molar-refractivity contribution in [3.05, 3.63) is 59.7 Å². The van der Waals surface area contributed by atoms with Crippen LogP contribution in [0.25, 0.3) is 0 Å². The van der Waals surface area contributed by atoms with E-state index in [1.807, 2.05) is 31.2 Å². The lowest BCUT2D eigenvalue weighted by molar-refractivity contribution is -0.274. The zero-order valence-electron chi connectivity index (χ0n) is 21.7. The summed E-state index contributed by atoms with van der Waals surface area (Å²) >= 11 is 0. The van der Waals surface area contributed by atoms with E-state index in [1.54, 1.807) is 11.8 Å². The van der Waals surface area contributed by atoms with Crippen LogP contribution < -0.4 is 9.64 Å². The Balaban J connectivity index is 1.48. The van der Waals surface area contributed by atoms with Crippen LogP contribution in [-0.2, 0) is 14.3 Å². The molecular weight excluding hydrogens is 515 g/mol. The minimum absolute atomic E-state index is 0.0598. The predicted octanol–water partition coefficient (Wildman–Crippen LogP) is 5.10. The fourth-order valence-electron chi connectivity index (χ4n) is 5.95. The van der Waals surface area contributed by atoms with E-state index >= 15 is 0 Å². The van der Waals surface area contributed by atoms with Crippen molar-refractivity contribution in [2.24, 2.45) is 10.9 Å². The molecule has 39 heavy (non-hydrogen) atoms. The molecule has 0 radical (unpaired) electrons. The SMILES string of the molecule is CCOC(=O)C1COC(N(CC)C2c3ccccc3N(C(=O)c3ccc(OC(F)(F)F)cc3)C3CCCC23)=N1. The first-order chi connectivity index (χ1) is 18.7. The zero-order valence-corrected chi connectivity index (χ0v) is 21.7. The third kappa shape index (κ3) is 5.26. The lowest BCUT2D eigenvalue weighted by atomic mass is 9.81. The Bertz CT molecular complexity index is 1250. The maximum absolute atomic E-state index is 13.8. The molecule has 2 aliphatic heterocycles. The highest BCUT2D eigenvalue weighted by Crippen LogP contribution is 2.51. The van der Waals surface area contributed by atoms with Crippen LogP contribution in [0.5, 0.6) is 5.75 Å². The lowest BCUT2D eigenvalue weighted by Crippen LogP contribution is -2.52. The van der Waals surface area contributed by atoms with Gasteiger partial charge in [-0.2, -0.15) is 0 Å². The molecule has 4 unspecified atom stereocenters. The number of rotatable bonds is 6. The van der Waals surface area contributed by atoms with E-state index < -0.39 is 18.4 Å². The number of para-hydroxylation sites is 1. The van der Waals surface area contributed by atoms with Crippen molar-refractivity contribution < 1.29 is 37.0 Å². The van der Waals surface area contributed by atoms with Crippen LogP contribution >= 0.6 is 0 Å². The smallest absolute Gasteiger partial charge is 0.464 e. The van der Waals surface area contributed by atoms with Gasteiger partial charge in [-0.3, -0.25) is 4.79 Å². The van der Waals surface area contributed by atoms with Gasteiger partial charge in [-0.25, -0.2) is 9.79 Å². The number of ether oxygens (including phenoxy) is 3. The standard InChI is InChI=1S/C28H30F3N3O5/c1-3-33(27-32-21(16-38-27)26(36)37-4-2)24-19-8-5-6-10-22(19)34(23-11-7-9-20(23)24)25(35)17-12-14-18(15-13-17)39-28(29,30)31/h5-6,8,10,12-15,20-21,23-24H,3-4,7,9,11,16H2,1-2H3. The van der Waals surface area contributed by atoms with Crippen molar-refractivity contribution in [3.63, 3.8) is 0 Å². The first-order valence-corrected chi connectivity index (χ1v) is 13.1. The van der Waals surface area contributed by atoms with Crippen molar-refractivity contribution in [3.8, 4) is 5.75 Å². The van der Waals surface area contributed by atoms with Gasteiger partial charge in [0.1, 0.15) is 12.4 Å². The summed E-state index contributed by atoms with van der Waals surface area (Å²) in [7, 11) is 0. The number of alkyl halides is 3. The molecule has 11 heteroatoms. The number of fused-ring (bicyclic) bond motifs is 2. The Morgan fingerprint density at radius 2 is 1.85 bits per heavy atom. The molecule has 3 aliphatic rings. The summed E-state index contributed by atoms with van der Waals surface area (Å²) in [6, 6.07) is 12.1. The topological polar surface area (TPSA) is 80.7 Å². The van der Waals surface area contributed by atoms with E-state index in [0.717, 1.165) is 42.6 Å². The minimum Gasteiger partial charge on any atom is -0.464 e. The van der Waals surface area contributed by atoms with Gasteiger partial charge >= 0.3 is 12.3 Å². The third-order valence-electron chi connectivity index (χ3n) is 7.45. The second-order valence-corrected chi connectivity index (χ2v) is 9.69. The van der Waals surface area contributed by atoms with E-state index in [4.69, 9.17) is 9.47 Å². The quantitative estimate of drug-likeness (QED) is 0.471. The molecule has 0 spiro atoms. The van der Waals surface area contributed by atoms with Crippen LogP contribution in [0.4, 0.5) is 18.9 Å². The second-order valence-electron chi connectivity index (χ2n) is 9.69. The highest BCUT2D eigenvalue weighted by molar-refractivity contribution is 6.07. The number of amides is 1. The Morgan fingerprint density at radius 1 is 1.10 bits per heavy atom. The fourth-order valence-corrected chi connectivity index (χ4v) is 5.95. The molecule has 0 aromatic heterocycles. The molecule has 1 aliphatic carbocycles. The Kier molecular flexibility index (Phi) is 7.42. The van der Waals surface area contributed by atoms with Crippen molar-refractivity contribution >= 4 is 23.6 Å². The number of hydrogen-bond donors (Lipinski definition) is 0. The van der Waals surface area contributed by atoms with E-state index in [9.17, 15) is 22.8 Å². The first kappa shape index (κ1) is 26.8. The molecule has 2 aromatic carbocycles. The van der Waals surface area contributed by atoms with Crippen molar-refractivity contribution in [1.82, 2.24) is 4.90 Å². The summed E-state index contributed by atoms with van der Waals surface area (Å²) in [5, 5.41) is 0. The Morgan fingerprint density at radius 3 is 2.54 bits per heavy atom. The number of benzene rings is 2. The molecular formula is C28H30F3N3O5. The average molecular weight is 546 g/mol. The van der Waals surface area contributed by atoms with Crippen LogP contribution in [-0.4, -0.2) is 61.0 Å². The van der Waals surface area contributed by atoms with Gasteiger partial charge in [0.15, 0.2) is 6.04 Å². The van der Waals surface area contributed by atoms with Gasteiger partial charge in [0.25, 0.3) is 11.9 Å². The van der Waals surface area contributed by atoms with Crippen LogP contribution in [0.3, 0.4) is 0 Å². The highest BCUT2D eigenvalue weighted by atomic mass is 19.4. The fraction of sp³-hybridized carbons (Fsp3) is 0.464. The van der Waals surface area contributed by atoms with Gasteiger partial charge in [-0.1, -0.05) is 24.6 Å². The summed E-state index contributed by atoms with van der Waals surface area (Å²) in [4.78, 5) is 34.5. The molecule has 1 amide bonds. The molecule has 208 valence electrons. The number of halogens is 3. The monoisotopic (exact) mass is 545 g/mol. The van der Waals surface area contributed by atoms with Gasteiger partial charge < -0.3 is 24.0 Å². The number of hydrogen-bond acceptors (Lipinski definition) is 7. The number of aliphatic imine (C=N–C) groups is 1. The van der Waals surface area contributed by atoms with Gasteiger partial charge in [-0.05, 0) is 62.6 Å². The molecule has 0 bridgehead atoms. The van der Waals surface area contributed by atoms with E-state index in [1.165, 1.54) is 12.1 Å². The van der Waals surface area contributed by atoms with Gasteiger partial charge in [0, 0.05) is 29.8 Å². The maximum atomic E-state index is 13.8. The number of carbonyl (C=O) groups is 2. The number of carbonyl (C=O) groups excluding carboxylic acids is 2. The lowest BCUT2D eigenvalue weighted by Gasteiger charge is -2.47. The average Bonchev–Trinajstić information content (AvgIpc) is 3.59. The molecule has 5 rings (SSSR count). The van der Waals surface area contributed by atoms with Crippen LogP contribution in [0.1, 0.15) is 55.1 Å². The summed E-state index contributed by atoms with van der Waals surface area (Å²) in [6.45, 7) is 4.70. The number of esters is 1. The highest BCUT2D eigenvalue weighted by Gasteiger charge is 2.49. The molecule has 1 saturated carbocycles. The zero-order chi connectivity index (χ0) is 27.7. The van der Waals surface area contributed by atoms with Crippen molar-refractivity contribution in [1.29, 1.82) is 0 Å². The van der Waals surface area contributed by atoms with Gasteiger partial charge in [0.05, 0.1) is 12.6 Å². The van der Waals surface area contributed by atoms with Gasteiger partial charge in [0.2, 0.25) is 0 Å². The maximum Gasteiger partial charge on any atom is 0.573 e. The molecule has 0 N–H and O–H groups in total. The third-order valence-corrected chi connectivity index (χ3v) is 7.45. The normalized spacial score (nSPS) is 23.8. The summed E-state index contributed by atoms with van der Waals surface area (Å²) in [6.07, 6.45) is -2.24. The molecule has 0 saturated heterocycles. The van der Waals surface area contributed by atoms with E-state index in [0.29, 0.717) is 12.6 Å². The van der Waals surface area contributed by atoms with Crippen LogP contribution in [0, 0.1) is 5.92 Å². The van der Waals surface area contributed by atoms with Crippen LogP contribution in [0.2, 0.25) is 0 Å². The molecule has 1 fully saturated rings. The predicted molar refractivity (Wildman–Crippen MR) is 136 cm³/mol. The first-order valence-electron chi connectivity index (χ1n) is 13.1. The Labute approximate surface area is 224 Å². The van der Waals surface area contributed by atoms with Gasteiger partial charge in [-0.15, -0.1) is 13.2 Å².